The van der Waals surface area contributed by atoms with Gasteiger partial charge in [-0.15, -0.1) is 10.2 Å². The molecule has 130 valence electrons. The van der Waals surface area contributed by atoms with Crippen molar-refractivity contribution in [1.82, 2.24) is 15.5 Å². The Morgan fingerprint density at radius 2 is 1.85 bits per heavy atom. The van der Waals surface area contributed by atoms with E-state index in [4.69, 9.17) is 11.6 Å². The van der Waals surface area contributed by atoms with Crippen LogP contribution in [-0.2, 0) is 13.0 Å². The fraction of sp³-hybridized carbons (Fsp3) is 0.150. The molecule has 0 radical (unpaired) electrons. The fourth-order valence-corrected chi connectivity index (χ4v) is 3.17. The summed E-state index contributed by atoms with van der Waals surface area (Å²) in [6, 6.07) is 19.2. The molecule has 0 bridgehead atoms. The summed E-state index contributed by atoms with van der Waals surface area (Å²) in [5.74, 6) is 0.505. The van der Waals surface area contributed by atoms with Crippen molar-refractivity contribution in [3.8, 4) is 0 Å². The molecule has 1 N–H and O–H groups in total. The summed E-state index contributed by atoms with van der Waals surface area (Å²) >= 11 is 5.86. The average molecular weight is 365 g/mol. The number of anilines is 2. The number of hydrogen-bond donors (Lipinski definition) is 1. The lowest BCUT2D eigenvalue weighted by atomic mass is 10.2. The van der Waals surface area contributed by atoms with Crippen LogP contribution in [-0.4, -0.2) is 22.6 Å². The minimum Gasteiger partial charge on any atom is -0.347 e. The number of para-hydroxylation sites is 1. The lowest BCUT2D eigenvalue weighted by molar-refractivity contribution is 0.0945. The van der Waals surface area contributed by atoms with Crippen molar-refractivity contribution in [2.45, 2.75) is 13.0 Å². The number of carbonyl (C=O) groups is 1. The quantitative estimate of drug-likeness (QED) is 0.766. The Labute approximate surface area is 156 Å². The van der Waals surface area contributed by atoms with Crippen molar-refractivity contribution in [3.05, 3.63) is 82.5 Å². The van der Waals surface area contributed by atoms with E-state index in [-0.39, 0.29) is 5.91 Å². The van der Waals surface area contributed by atoms with Gasteiger partial charge in [-0.25, -0.2) is 0 Å². The molecule has 0 saturated heterocycles. The predicted octanol–water partition coefficient (Wildman–Crippen LogP) is 3.75. The number of hydrogen-bond acceptors (Lipinski definition) is 4. The van der Waals surface area contributed by atoms with Crippen molar-refractivity contribution in [2.24, 2.45) is 0 Å². The molecular weight excluding hydrogens is 348 g/mol. The Bertz CT molecular complexity index is 925. The largest absolute Gasteiger partial charge is 0.347 e. The van der Waals surface area contributed by atoms with Crippen LogP contribution >= 0.6 is 11.6 Å². The molecule has 1 aromatic heterocycles. The molecule has 6 heteroatoms. The smallest absolute Gasteiger partial charge is 0.272 e. The maximum Gasteiger partial charge on any atom is 0.272 e. The van der Waals surface area contributed by atoms with Crippen LogP contribution < -0.4 is 10.2 Å². The minimum absolute atomic E-state index is 0.249. The number of fused-ring (bicyclic) bond motifs is 1. The Morgan fingerprint density at radius 1 is 1.04 bits per heavy atom. The molecule has 1 aliphatic rings. The van der Waals surface area contributed by atoms with Crippen LogP contribution in [0.1, 0.15) is 21.6 Å². The predicted molar refractivity (Wildman–Crippen MR) is 102 cm³/mol. The van der Waals surface area contributed by atoms with Gasteiger partial charge in [-0.2, -0.15) is 0 Å². The first-order chi connectivity index (χ1) is 12.7. The summed E-state index contributed by atoms with van der Waals surface area (Å²) < 4.78 is 0. The summed E-state index contributed by atoms with van der Waals surface area (Å²) in [5, 5.41) is 11.9. The van der Waals surface area contributed by atoms with Gasteiger partial charge in [0.1, 0.15) is 0 Å². The Kier molecular flexibility index (Phi) is 4.54. The van der Waals surface area contributed by atoms with Crippen molar-refractivity contribution >= 4 is 29.0 Å². The molecule has 0 aliphatic carbocycles. The van der Waals surface area contributed by atoms with E-state index in [2.05, 4.69) is 32.5 Å². The third kappa shape index (κ3) is 3.39. The highest BCUT2D eigenvalue weighted by atomic mass is 35.5. The van der Waals surface area contributed by atoms with Gasteiger partial charge >= 0.3 is 0 Å². The fourth-order valence-electron chi connectivity index (χ4n) is 3.04. The molecule has 0 saturated carbocycles. The number of aromatic nitrogens is 2. The molecule has 2 heterocycles. The standard InChI is InChI=1S/C20H17ClN4O/c21-16-7-5-14(6-8-16)13-22-20(26)17-9-10-19(24-23-17)25-12-11-15-3-1-2-4-18(15)25/h1-10H,11-13H2,(H,22,26). The first-order valence-corrected chi connectivity index (χ1v) is 8.80. The molecule has 0 atom stereocenters. The second kappa shape index (κ2) is 7.14. The second-order valence-electron chi connectivity index (χ2n) is 6.12. The van der Waals surface area contributed by atoms with Gasteiger partial charge in [0.15, 0.2) is 11.5 Å². The number of nitrogens with one attached hydrogen (secondary N) is 1. The van der Waals surface area contributed by atoms with Crippen LogP contribution in [0.25, 0.3) is 0 Å². The minimum atomic E-state index is -0.249. The number of carbonyl (C=O) groups excluding carboxylic acids is 1. The topological polar surface area (TPSA) is 58.1 Å². The van der Waals surface area contributed by atoms with Gasteiger partial charge in [-0.3, -0.25) is 4.79 Å². The van der Waals surface area contributed by atoms with Gasteiger partial charge in [-0.1, -0.05) is 41.9 Å². The zero-order valence-corrected chi connectivity index (χ0v) is 14.8. The van der Waals surface area contributed by atoms with Crippen LogP contribution in [0.4, 0.5) is 11.5 Å². The van der Waals surface area contributed by atoms with Crippen molar-refractivity contribution in [3.63, 3.8) is 0 Å². The zero-order chi connectivity index (χ0) is 17.9. The molecule has 1 aliphatic heterocycles. The van der Waals surface area contributed by atoms with Gasteiger partial charge < -0.3 is 10.2 Å². The molecule has 5 nitrogen and oxygen atoms in total. The lowest BCUT2D eigenvalue weighted by Gasteiger charge is -2.17. The monoisotopic (exact) mass is 364 g/mol. The molecule has 2 aromatic carbocycles. The summed E-state index contributed by atoms with van der Waals surface area (Å²) in [6.45, 7) is 1.29. The molecule has 26 heavy (non-hydrogen) atoms. The molecule has 0 spiro atoms. The third-order valence-electron chi connectivity index (χ3n) is 4.41. The molecule has 0 unspecified atom stereocenters. The van der Waals surface area contributed by atoms with Crippen molar-refractivity contribution in [1.29, 1.82) is 0 Å². The molecule has 4 rings (SSSR count). The highest BCUT2D eigenvalue weighted by Gasteiger charge is 2.21. The van der Waals surface area contributed by atoms with Crippen molar-refractivity contribution in [2.75, 3.05) is 11.4 Å². The van der Waals surface area contributed by atoms with E-state index in [0.29, 0.717) is 17.3 Å². The number of nitrogens with zero attached hydrogens (tertiary/aromatic N) is 3. The van der Waals surface area contributed by atoms with E-state index < -0.39 is 0 Å². The number of benzene rings is 2. The Hall–Kier alpha value is -2.92. The Morgan fingerprint density at radius 3 is 2.62 bits per heavy atom. The highest BCUT2D eigenvalue weighted by molar-refractivity contribution is 6.30. The third-order valence-corrected chi connectivity index (χ3v) is 4.67. The van der Waals surface area contributed by atoms with Crippen LogP contribution in [0.15, 0.2) is 60.7 Å². The summed E-state index contributed by atoms with van der Waals surface area (Å²) in [7, 11) is 0. The zero-order valence-electron chi connectivity index (χ0n) is 14.0. The van der Waals surface area contributed by atoms with E-state index in [1.165, 1.54) is 5.56 Å². The lowest BCUT2D eigenvalue weighted by Crippen LogP contribution is -2.24. The number of rotatable bonds is 4. The van der Waals surface area contributed by atoms with Gasteiger partial charge in [-0.05, 0) is 47.9 Å². The normalized spacial score (nSPS) is 12.7. The van der Waals surface area contributed by atoms with E-state index in [1.54, 1.807) is 18.2 Å². The van der Waals surface area contributed by atoms with E-state index in [1.807, 2.05) is 30.3 Å². The van der Waals surface area contributed by atoms with Gasteiger partial charge in [0.05, 0.1) is 0 Å². The first-order valence-electron chi connectivity index (χ1n) is 8.42. The summed E-state index contributed by atoms with van der Waals surface area (Å²) in [5.41, 5.74) is 3.73. The van der Waals surface area contributed by atoms with Crippen LogP contribution in [0.3, 0.4) is 0 Å². The molecule has 0 fully saturated rings. The molecule has 1 amide bonds. The van der Waals surface area contributed by atoms with Gasteiger partial charge in [0.25, 0.3) is 5.91 Å². The second-order valence-corrected chi connectivity index (χ2v) is 6.55. The average Bonchev–Trinajstić information content (AvgIpc) is 3.11. The van der Waals surface area contributed by atoms with Gasteiger partial charge in [0, 0.05) is 23.8 Å². The maximum absolute atomic E-state index is 12.3. The summed E-state index contributed by atoms with van der Waals surface area (Å²) in [4.78, 5) is 14.4. The van der Waals surface area contributed by atoms with Crippen molar-refractivity contribution < 1.29 is 4.79 Å². The van der Waals surface area contributed by atoms with E-state index in [0.717, 1.165) is 30.0 Å². The van der Waals surface area contributed by atoms with Crippen LogP contribution in [0, 0.1) is 0 Å². The number of halogens is 1. The first kappa shape index (κ1) is 16.5. The van der Waals surface area contributed by atoms with Crippen LogP contribution in [0.2, 0.25) is 5.02 Å². The van der Waals surface area contributed by atoms with Crippen LogP contribution in [0.5, 0.6) is 0 Å². The van der Waals surface area contributed by atoms with E-state index >= 15 is 0 Å². The maximum atomic E-state index is 12.3. The van der Waals surface area contributed by atoms with E-state index in [9.17, 15) is 4.79 Å². The number of amides is 1. The summed E-state index contributed by atoms with van der Waals surface area (Å²) in [6.07, 6.45) is 0.987. The Balaban J connectivity index is 1.43. The van der Waals surface area contributed by atoms with Gasteiger partial charge in [0.2, 0.25) is 0 Å². The highest BCUT2D eigenvalue weighted by Crippen LogP contribution is 2.32. The molecular formula is C20H17ClN4O. The molecule has 3 aromatic rings. The SMILES string of the molecule is O=C(NCc1ccc(Cl)cc1)c1ccc(N2CCc3ccccc32)nn1.